The summed E-state index contributed by atoms with van der Waals surface area (Å²) >= 11 is 6.33. The number of fused-ring (bicyclic) bond motifs is 1. The number of hydrogen-bond acceptors (Lipinski definition) is 4. The summed E-state index contributed by atoms with van der Waals surface area (Å²) in [4.78, 5) is 17.8. The maximum Gasteiger partial charge on any atom is 0.265 e. The Morgan fingerprint density at radius 3 is 2.23 bits per heavy atom. The molecule has 35 heavy (non-hydrogen) atoms. The lowest BCUT2D eigenvalue weighted by Crippen LogP contribution is -2.22. The Hall–Kier alpha value is -3.94. The Morgan fingerprint density at radius 2 is 1.49 bits per heavy atom. The minimum Gasteiger partial charge on any atom is -0.278 e. The van der Waals surface area contributed by atoms with Crippen LogP contribution in [0.3, 0.4) is 0 Å². The second kappa shape index (κ2) is 9.02. The van der Waals surface area contributed by atoms with Crippen LogP contribution in [0.4, 0.5) is 5.69 Å². The van der Waals surface area contributed by atoms with Crippen molar-refractivity contribution in [2.24, 2.45) is 0 Å². The second-order valence-electron chi connectivity index (χ2n) is 7.98. The largest absolute Gasteiger partial charge is 0.278 e. The van der Waals surface area contributed by atoms with Gasteiger partial charge in [0.25, 0.3) is 15.6 Å². The highest BCUT2D eigenvalue weighted by molar-refractivity contribution is 7.92. The normalized spacial score (nSPS) is 11.5. The molecule has 0 aliphatic carbocycles. The van der Waals surface area contributed by atoms with Crippen LogP contribution in [0.2, 0.25) is 5.02 Å². The van der Waals surface area contributed by atoms with Crippen LogP contribution < -0.4 is 10.3 Å². The molecule has 0 bridgehead atoms. The predicted octanol–water partition coefficient (Wildman–Crippen LogP) is 5.82. The highest BCUT2D eigenvalue weighted by Gasteiger charge is 2.18. The first-order chi connectivity index (χ1) is 16.8. The van der Waals surface area contributed by atoms with E-state index in [-0.39, 0.29) is 21.2 Å². The number of halogens is 1. The fourth-order valence-electron chi connectivity index (χ4n) is 3.94. The third-order valence-corrected chi connectivity index (χ3v) is 7.38. The van der Waals surface area contributed by atoms with Gasteiger partial charge in [0.1, 0.15) is 5.82 Å². The number of hydrogen-bond donors (Lipinski definition) is 1. The number of nitrogens with zero attached hydrogens (tertiary/aromatic N) is 2. The van der Waals surface area contributed by atoms with Crippen molar-refractivity contribution in [2.45, 2.75) is 11.8 Å². The molecular weight excluding hydrogens is 482 g/mol. The van der Waals surface area contributed by atoms with E-state index in [0.29, 0.717) is 22.4 Å². The minimum absolute atomic E-state index is 0.0966. The number of aromatic nitrogens is 2. The lowest BCUT2D eigenvalue weighted by molar-refractivity contribution is 0.601. The van der Waals surface area contributed by atoms with Crippen molar-refractivity contribution in [1.82, 2.24) is 9.55 Å². The molecule has 1 aromatic heterocycles. The van der Waals surface area contributed by atoms with Crippen LogP contribution in [0, 0.1) is 6.92 Å². The van der Waals surface area contributed by atoms with Crippen molar-refractivity contribution in [1.29, 1.82) is 0 Å². The van der Waals surface area contributed by atoms with Gasteiger partial charge < -0.3 is 0 Å². The topological polar surface area (TPSA) is 81.1 Å². The summed E-state index contributed by atoms with van der Waals surface area (Å²) in [7, 11) is -3.93. The fourth-order valence-corrected chi connectivity index (χ4v) is 5.23. The van der Waals surface area contributed by atoms with Crippen LogP contribution in [0.5, 0.6) is 0 Å². The molecular formula is C27H20ClN3O3S. The van der Waals surface area contributed by atoms with Crippen molar-refractivity contribution >= 4 is 38.2 Å². The molecule has 0 radical (unpaired) electrons. The van der Waals surface area contributed by atoms with Gasteiger partial charge in [-0.25, -0.2) is 13.4 Å². The van der Waals surface area contributed by atoms with Gasteiger partial charge in [-0.05, 0) is 60.5 Å². The lowest BCUT2D eigenvalue weighted by Gasteiger charge is -2.15. The standard InChI is InChI=1S/C27H20ClN3O3S/c1-18-29-25-10-6-5-9-23(25)27(32)31(18)21-13-16-24(28)26(17-21)30-35(33,34)22-14-11-20(12-15-22)19-7-3-2-4-8-19/h2-17,30H,1H3. The molecule has 5 rings (SSSR count). The lowest BCUT2D eigenvalue weighted by atomic mass is 10.1. The summed E-state index contributed by atoms with van der Waals surface area (Å²) in [6, 6.07) is 28.1. The molecule has 0 amide bonds. The summed E-state index contributed by atoms with van der Waals surface area (Å²) in [6.45, 7) is 1.72. The van der Waals surface area contributed by atoms with E-state index in [1.54, 1.807) is 61.5 Å². The first-order valence-corrected chi connectivity index (χ1v) is 12.7. The Kier molecular flexibility index (Phi) is 5.88. The Labute approximate surface area is 207 Å². The molecule has 8 heteroatoms. The van der Waals surface area contributed by atoms with Crippen molar-refractivity contribution in [2.75, 3.05) is 4.72 Å². The van der Waals surface area contributed by atoms with Gasteiger partial charge in [0.2, 0.25) is 0 Å². The molecule has 0 saturated carbocycles. The summed E-state index contributed by atoms with van der Waals surface area (Å²) < 4.78 is 30.2. The average molecular weight is 502 g/mol. The van der Waals surface area contributed by atoms with E-state index in [4.69, 9.17) is 11.6 Å². The fraction of sp³-hybridized carbons (Fsp3) is 0.0370. The van der Waals surface area contributed by atoms with E-state index in [0.717, 1.165) is 11.1 Å². The number of nitrogens with one attached hydrogen (secondary N) is 1. The van der Waals surface area contributed by atoms with Crippen molar-refractivity contribution in [3.05, 3.63) is 118 Å². The maximum absolute atomic E-state index is 13.2. The summed E-state index contributed by atoms with van der Waals surface area (Å²) in [5, 5.41) is 0.673. The predicted molar refractivity (Wildman–Crippen MR) is 140 cm³/mol. The Balaban J connectivity index is 1.50. The van der Waals surface area contributed by atoms with Gasteiger partial charge in [-0.1, -0.05) is 66.2 Å². The van der Waals surface area contributed by atoms with Gasteiger partial charge in [0, 0.05) is 0 Å². The Morgan fingerprint density at radius 1 is 0.829 bits per heavy atom. The van der Waals surface area contributed by atoms with Crippen LogP contribution in [-0.4, -0.2) is 18.0 Å². The molecule has 0 aliphatic rings. The van der Waals surface area contributed by atoms with E-state index in [2.05, 4.69) is 9.71 Å². The minimum atomic E-state index is -3.93. The smallest absolute Gasteiger partial charge is 0.265 e. The molecule has 174 valence electrons. The summed E-state index contributed by atoms with van der Waals surface area (Å²) in [5.74, 6) is 0.473. The van der Waals surface area contributed by atoms with Gasteiger partial charge in [-0.15, -0.1) is 0 Å². The average Bonchev–Trinajstić information content (AvgIpc) is 2.86. The first kappa shape index (κ1) is 22.8. The zero-order chi connectivity index (χ0) is 24.6. The molecule has 0 fully saturated rings. The molecule has 0 aliphatic heterocycles. The molecule has 6 nitrogen and oxygen atoms in total. The molecule has 0 spiro atoms. The van der Waals surface area contributed by atoms with Gasteiger partial charge >= 0.3 is 0 Å². The molecule has 0 unspecified atom stereocenters. The van der Waals surface area contributed by atoms with Gasteiger partial charge in [-0.3, -0.25) is 14.1 Å². The van der Waals surface area contributed by atoms with E-state index in [9.17, 15) is 13.2 Å². The van der Waals surface area contributed by atoms with E-state index in [1.807, 2.05) is 36.4 Å². The number of benzene rings is 4. The van der Waals surface area contributed by atoms with E-state index >= 15 is 0 Å². The number of rotatable bonds is 5. The maximum atomic E-state index is 13.2. The number of sulfonamides is 1. The van der Waals surface area contributed by atoms with Crippen LogP contribution in [0.25, 0.3) is 27.7 Å². The molecule has 0 atom stereocenters. The monoisotopic (exact) mass is 501 g/mol. The molecule has 0 saturated heterocycles. The van der Waals surface area contributed by atoms with Crippen LogP contribution in [0.15, 0.2) is 107 Å². The second-order valence-corrected chi connectivity index (χ2v) is 10.1. The number of aryl methyl sites for hydroxylation is 1. The van der Waals surface area contributed by atoms with Gasteiger partial charge in [0.05, 0.1) is 32.2 Å². The van der Waals surface area contributed by atoms with E-state index in [1.165, 1.54) is 10.6 Å². The van der Waals surface area contributed by atoms with Crippen LogP contribution in [-0.2, 0) is 10.0 Å². The summed E-state index contributed by atoms with van der Waals surface area (Å²) in [5.41, 5.74) is 2.86. The van der Waals surface area contributed by atoms with Crippen LogP contribution >= 0.6 is 11.6 Å². The quantitative estimate of drug-likeness (QED) is 0.329. The summed E-state index contributed by atoms with van der Waals surface area (Å²) in [6.07, 6.45) is 0. The van der Waals surface area contributed by atoms with E-state index < -0.39 is 10.0 Å². The zero-order valence-corrected chi connectivity index (χ0v) is 20.2. The first-order valence-electron chi connectivity index (χ1n) is 10.8. The SMILES string of the molecule is Cc1nc2ccccc2c(=O)n1-c1ccc(Cl)c(NS(=O)(=O)c2ccc(-c3ccccc3)cc2)c1. The van der Waals surface area contributed by atoms with Gasteiger partial charge in [0.15, 0.2) is 0 Å². The third kappa shape index (κ3) is 4.43. The zero-order valence-electron chi connectivity index (χ0n) is 18.6. The van der Waals surface area contributed by atoms with Gasteiger partial charge in [-0.2, -0.15) is 0 Å². The molecule has 1 heterocycles. The molecule has 4 aromatic carbocycles. The molecule has 5 aromatic rings. The Bertz CT molecular complexity index is 1720. The van der Waals surface area contributed by atoms with Crippen LogP contribution in [0.1, 0.15) is 5.82 Å². The third-order valence-electron chi connectivity index (χ3n) is 5.67. The molecule has 1 N–H and O–H groups in total. The highest BCUT2D eigenvalue weighted by atomic mass is 35.5. The number of para-hydroxylation sites is 1. The highest BCUT2D eigenvalue weighted by Crippen LogP contribution is 2.28. The number of anilines is 1. The van der Waals surface area contributed by atoms with Crippen molar-refractivity contribution in [3.8, 4) is 16.8 Å². The van der Waals surface area contributed by atoms with Crippen molar-refractivity contribution < 1.29 is 8.42 Å². The van der Waals surface area contributed by atoms with Crippen molar-refractivity contribution in [3.63, 3.8) is 0 Å².